The largest absolute Gasteiger partial charge is 0.481 e. The number of hydrogen-bond donors (Lipinski definition) is 4. The molecule has 0 saturated carbocycles. The van der Waals surface area contributed by atoms with Gasteiger partial charge in [0.15, 0.2) is 28.4 Å². The molecule has 0 spiro atoms. The standard InChI is InChI=1S/C25H29NO5.C25H27NO5.C25H25NO5.3CH4/c3*1-15-12-17(13-16(2)22(15)31-25(3,4)24(28)29)10-11-21(27)19-14-18-8-6-7-9-20(18)26-23(19)30-5;;;/h6-9,12-14,21,27H,10-11H2,1-5H3,(H,28,29);6-9,12-14H,10-11H2,1-5H3,(H,28,29);6-14H,1-5H3,(H,28,29);3*1H4/b;;11-10+;;;/i;;;2*1T;. The van der Waals surface area contributed by atoms with Crippen LogP contribution in [0, 0.1) is 41.5 Å². The summed E-state index contributed by atoms with van der Waals surface area (Å²) in [6.45, 7) is 20.4. The number of aliphatic hydroxyl groups excluding tert-OH is 1. The number of nitrogens with zero attached hydrogens (tertiary/aromatic N) is 3. The fraction of sp³-hybridized carbons (Fsp3) is 0.333. The SMILES string of the molecule is C.COc1nc2ccccc2cc1C(=O)/C=C/c1cc(C)c(OC(C)(C)C(=O)O)c(C)c1.COc1nc2ccccc2cc1C(=O)CCc1cc(C)c(OC(C)(C)C(=O)O)c(C)c1.COc1nc2ccccc2cc1C(O)CCc1cc(C)c(OC(C)(C)C(=O)O)c(C)c1.[3H]C.[3H]C. The van der Waals surface area contributed by atoms with Gasteiger partial charge in [-0.1, -0.05) is 107 Å². The maximum Gasteiger partial charge on any atom is 0.347 e. The molecule has 6 aromatic carbocycles. The lowest BCUT2D eigenvalue weighted by atomic mass is 9.97. The number of methoxy groups -OCH3 is 3. The molecule has 0 aliphatic carbocycles. The fourth-order valence-corrected chi connectivity index (χ4v) is 10.3. The second-order valence-corrected chi connectivity index (χ2v) is 24.3. The van der Waals surface area contributed by atoms with Crippen LogP contribution < -0.4 is 28.4 Å². The predicted octanol–water partition coefficient (Wildman–Crippen LogP) is 16.6. The number of ketones is 2. The number of hydrogen-bond acceptors (Lipinski definition) is 15. The molecule has 0 saturated heterocycles. The number of carboxylic acid groups (broad SMARTS) is 3. The molecule has 0 aliphatic rings. The molecule has 3 aromatic heterocycles. The van der Waals surface area contributed by atoms with Crippen LogP contribution in [0.15, 0.2) is 133 Å². The van der Waals surface area contributed by atoms with Crippen LogP contribution in [-0.2, 0) is 27.2 Å². The summed E-state index contributed by atoms with van der Waals surface area (Å²) in [5.74, 6) is -0.657. The maximum absolute atomic E-state index is 12.9. The highest BCUT2D eigenvalue weighted by molar-refractivity contribution is 6.10. The first-order chi connectivity index (χ1) is 45.9. The van der Waals surface area contributed by atoms with Gasteiger partial charge in [0.25, 0.3) is 0 Å². The third kappa shape index (κ3) is 19.2. The van der Waals surface area contributed by atoms with Crippen LogP contribution in [0.3, 0.4) is 0 Å². The number of pyridine rings is 3. The van der Waals surface area contributed by atoms with Crippen molar-refractivity contribution in [1.82, 2.24) is 15.0 Å². The van der Waals surface area contributed by atoms with Crippen molar-refractivity contribution in [2.75, 3.05) is 21.3 Å². The summed E-state index contributed by atoms with van der Waals surface area (Å²) in [5.41, 5.74) is 7.69. The van der Waals surface area contributed by atoms with Crippen LogP contribution in [0.2, 0.25) is 0 Å². The zero-order valence-electron chi connectivity index (χ0n) is 59.3. The highest BCUT2D eigenvalue weighted by Crippen LogP contribution is 2.35. The van der Waals surface area contributed by atoms with Crippen molar-refractivity contribution in [2.45, 2.75) is 154 Å². The molecule has 0 amide bonds. The first-order valence-corrected chi connectivity index (χ1v) is 30.2. The van der Waals surface area contributed by atoms with E-state index < -0.39 is 40.8 Å². The number of aryl methyl sites for hydroxylation is 8. The summed E-state index contributed by atoms with van der Waals surface area (Å²) in [6.07, 6.45) is 4.44. The summed E-state index contributed by atoms with van der Waals surface area (Å²) >= 11 is 0. The molecule has 4 N–H and O–H groups in total. The van der Waals surface area contributed by atoms with Gasteiger partial charge in [0.1, 0.15) is 17.2 Å². The average Bonchev–Trinajstić information content (AvgIpc) is 0.832. The van der Waals surface area contributed by atoms with Gasteiger partial charge in [-0.05, 0) is 207 Å². The molecule has 0 radical (unpaired) electrons. The summed E-state index contributed by atoms with van der Waals surface area (Å²) in [7, 11) is 7.05. The molecule has 18 heteroatoms. The molecule has 0 bridgehead atoms. The van der Waals surface area contributed by atoms with Crippen LogP contribution in [0.5, 0.6) is 34.9 Å². The van der Waals surface area contributed by atoms with Crippen LogP contribution >= 0.6 is 0 Å². The number of carbonyl (C=O) groups excluding carboxylic acids is 2. The Hall–Kier alpha value is -10.2. The van der Waals surface area contributed by atoms with E-state index in [2.05, 4.69) is 15.0 Å². The van der Waals surface area contributed by atoms with Crippen molar-refractivity contribution >= 4 is 68.3 Å². The lowest BCUT2D eigenvalue weighted by Crippen LogP contribution is -2.38. The molecule has 510 valence electrons. The molecule has 96 heavy (non-hydrogen) atoms. The number of para-hydroxylation sites is 3. The monoisotopic (exact) mass is 1320 g/mol. The van der Waals surface area contributed by atoms with Gasteiger partial charge in [-0.3, -0.25) is 9.59 Å². The van der Waals surface area contributed by atoms with Gasteiger partial charge in [-0.2, -0.15) is 0 Å². The van der Waals surface area contributed by atoms with Crippen molar-refractivity contribution in [3.63, 3.8) is 0 Å². The molecule has 1 unspecified atom stereocenters. The lowest BCUT2D eigenvalue weighted by Gasteiger charge is -2.24. The third-order valence-corrected chi connectivity index (χ3v) is 15.5. The summed E-state index contributed by atoms with van der Waals surface area (Å²) in [6, 6.07) is 39.9. The van der Waals surface area contributed by atoms with Gasteiger partial charge in [-0.25, -0.2) is 29.3 Å². The van der Waals surface area contributed by atoms with E-state index >= 15 is 0 Å². The Kier molecular flexibility index (Phi) is 25.9. The zero-order chi connectivity index (χ0) is 72.3. The summed E-state index contributed by atoms with van der Waals surface area (Å²) in [5, 5.41) is 41.5. The van der Waals surface area contributed by atoms with Crippen molar-refractivity contribution < 1.29 is 75.6 Å². The minimum absolute atomic E-state index is 0. The fourth-order valence-electron chi connectivity index (χ4n) is 10.3. The van der Waals surface area contributed by atoms with Gasteiger partial charge in [0.2, 0.25) is 17.6 Å². The van der Waals surface area contributed by atoms with Gasteiger partial charge < -0.3 is 48.8 Å². The number of Topliss-reactive ketones (excluding diaryl/α,β-unsaturated/α-hetero) is 1. The molecule has 9 aromatic rings. The number of aliphatic hydroxyl groups is 1. The van der Waals surface area contributed by atoms with E-state index in [0.29, 0.717) is 71.4 Å². The van der Waals surface area contributed by atoms with Crippen molar-refractivity contribution in [1.29, 1.82) is 0 Å². The highest BCUT2D eigenvalue weighted by Gasteiger charge is 2.33. The van der Waals surface area contributed by atoms with Gasteiger partial charge in [-0.15, -0.1) is 0 Å². The third-order valence-electron chi connectivity index (χ3n) is 15.5. The van der Waals surface area contributed by atoms with E-state index in [1.165, 1.54) is 76.6 Å². The van der Waals surface area contributed by atoms with Crippen LogP contribution in [0.25, 0.3) is 38.8 Å². The number of carbonyl (C=O) groups is 5. The highest BCUT2D eigenvalue weighted by atomic mass is 16.5. The second-order valence-electron chi connectivity index (χ2n) is 24.3. The summed E-state index contributed by atoms with van der Waals surface area (Å²) < 4.78 is 44.8. The molecule has 3 heterocycles. The number of allylic oxidation sites excluding steroid dienone is 1. The first-order valence-electron chi connectivity index (χ1n) is 32.2. The minimum atomic E-state index is -1.34. The van der Waals surface area contributed by atoms with Gasteiger partial charge >= 0.3 is 17.9 Å². The van der Waals surface area contributed by atoms with Crippen LogP contribution in [0.4, 0.5) is 0 Å². The number of aromatic nitrogens is 3. The molecular formula is C78H93N3O15. The zero-order valence-corrected chi connectivity index (χ0v) is 57.3. The van der Waals surface area contributed by atoms with E-state index in [9.17, 15) is 44.4 Å². The number of rotatable bonds is 23. The van der Waals surface area contributed by atoms with Crippen molar-refractivity contribution in [3.05, 3.63) is 200 Å². The normalized spacial score (nSPS) is 11.6. The number of ether oxygens (including phenoxy) is 6. The Bertz CT molecular complexity index is 4260. The van der Waals surface area contributed by atoms with Crippen LogP contribution in [-0.4, -0.2) is 103 Å². The Morgan fingerprint density at radius 3 is 1.20 bits per heavy atom. The number of fused-ring (bicyclic) bond motifs is 3. The van der Waals surface area contributed by atoms with Crippen LogP contribution in [0.1, 0.15) is 162 Å². The molecule has 9 rings (SSSR count). The topological polar surface area (TPSA) is 260 Å². The summed E-state index contributed by atoms with van der Waals surface area (Å²) in [4.78, 5) is 73.3. The Labute approximate surface area is 566 Å². The first kappa shape index (κ1) is 74.8. The Balaban J connectivity index is 0.000000303. The maximum atomic E-state index is 12.9. The van der Waals surface area contributed by atoms with E-state index in [1.54, 1.807) is 19.3 Å². The van der Waals surface area contributed by atoms with E-state index in [0.717, 1.165) is 82.8 Å². The predicted molar refractivity (Wildman–Crippen MR) is 379 cm³/mol. The smallest absolute Gasteiger partial charge is 0.347 e. The molecule has 0 fully saturated rings. The minimum Gasteiger partial charge on any atom is -0.481 e. The van der Waals surface area contributed by atoms with Crippen molar-refractivity contribution in [3.8, 4) is 34.9 Å². The van der Waals surface area contributed by atoms with Gasteiger partial charge in [0.05, 0.1) is 55.1 Å². The number of benzene rings is 6. The van der Waals surface area contributed by atoms with Crippen molar-refractivity contribution in [2.24, 2.45) is 0 Å². The van der Waals surface area contributed by atoms with E-state index in [1.807, 2.05) is 163 Å². The average molecular weight is 1320 g/mol. The quantitative estimate of drug-likeness (QED) is 0.0343. The van der Waals surface area contributed by atoms with E-state index in [-0.39, 0.29) is 24.9 Å². The molecule has 0 aliphatic heterocycles. The molecule has 1 atom stereocenters. The Morgan fingerprint density at radius 2 is 0.812 bits per heavy atom. The Morgan fingerprint density at radius 1 is 0.479 bits per heavy atom. The number of carboxylic acids is 3. The molecular weight excluding hydrogens is 1220 g/mol. The number of aliphatic carboxylic acids is 3. The molecule has 18 nitrogen and oxygen atoms in total. The van der Waals surface area contributed by atoms with E-state index in [4.69, 9.17) is 31.2 Å². The van der Waals surface area contributed by atoms with Gasteiger partial charge in [0, 0.05) is 30.9 Å². The second kappa shape index (κ2) is 33.3. The lowest BCUT2D eigenvalue weighted by molar-refractivity contribution is -0.152.